The average molecular weight is 231 g/mol. The van der Waals surface area contributed by atoms with Crippen molar-refractivity contribution in [3.63, 3.8) is 0 Å². The van der Waals surface area contributed by atoms with Crippen molar-refractivity contribution in [3.05, 3.63) is 29.6 Å². The molecule has 0 aliphatic heterocycles. The van der Waals surface area contributed by atoms with Crippen molar-refractivity contribution >= 4 is 11.0 Å². The van der Waals surface area contributed by atoms with Gasteiger partial charge in [-0.05, 0) is 38.0 Å². The molecule has 0 amide bonds. The summed E-state index contributed by atoms with van der Waals surface area (Å²) >= 11 is 0. The largest absolute Gasteiger partial charge is 0.328 e. The summed E-state index contributed by atoms with van der Waals surface area (Å²) < 4.78 is 2.30. The Hall–Kier alpha value is -1.35. The summed E-state index contributed by atoms with van der Waals surface area (Å²) in [6.07, 6.45) is 1.96. The Morgan fingerprint density at radius 3 is 2.82 bits per heavy atom. The Bertz CT molecular complexity index is 511. The van der Waals surface area contributed by atoms with E-state index < -0.39 is 0 Å². The molecule has 1 aromatic carbocycles. The predicted molar refractivity (Wildman–Crippen MR) is 72.1 cm³/mol. The van der Waals surface area contributed by atoms with Gasteiger partial charge in [-0.1, -0.05) is 13.0 Å². The Labute approximate surface area is 103 Å². The smallest absolute Gasteiger partial charge is 0.111 e. The van der Waals surface area contributed by atoms with Gasteiger partial charge < -0.3 is 10.3 Å². The van der Waals surface area contributed by atoms with Crippen LogP contribution in [0.25, 0.3) is 11.0 Å². The van der Waals surface area contributed by atoms with Gasteiger partial charge in [0, 0.05) is 19.0 Å². The zero-order valence-electron chi connectivity index (χ0n) is 10.9. The molecule has 0 bridgehead atoms. The maximum atomic E-state index is 5.89. The van der Waals surface area contributed by atoms with Gasteiger partial charge in [-0.2, -0.15) is 0 Å². The van der Waals surface area contributed by atoms with E-state index >= 15 is 0 Å². The molecule has 1 aromatic heterocycles. The molecule has 0 radical (unpaired) electrons. The molecule has 1 heterocycles. The minimum absolute atomic E-state index is 0.156. The monoisotopic (exact) mass is 231 g/mol. The molecular weight excluding hydrogens is 210 g/mol. The normalized spacial score (nSPS) is 13.2. The first-order chi connectivity index (χ1) is 8.11. The first-order valence-electron chi connectivity index (χ1n) is 6.33. The lowest BCUT2D eigenvalue weighted by Crippen LogP contribution is -2.20. The van der Waals surface area contributed by atoms with Gasteiger partial charge in [-0.3, -0.25) is 0 Å². The highest BCUT2D eigenvalue weighted by molar-refractivity contribution is 5.76. The van der Waals surface area contributed by atoms with E-state index in [-0.39, 0.29) is 6.04 Å². The van der Waals surface area contributed by atoms with Gasteiger partial charge in [0.2, 0.25) is 0 Å². The molecule has 17 heavy (non-hydrogen) atoms. The van der Waals surface area contributed by atoms with Gasteiger partial charge >= 0.3 is 0 Å². The summed E-state index contributed by atoms with van der Waals surface area (Å²) in [6, 6.07) is 6.61. The summed E-state index contributed by atoms with van der Waals surface area (Å²) in [4.78, 5) is 4.72. The molecule has 0 fully saturated rings. The predicted octanol–water partition coefficient (Wildman–Crippen LogP) is 2.64. The summed E-state index contributed by atoms with van der Waals surface area (Å²) in [5.41, 5.74) is 9.46. The van der Waals surface area contributed by atoms with E-state index in [0.29, 0.717) is 0 Å². The molecule has 2 aromatic rings. The molecular formula is C14H21N3. The van der Waals surface area contributed by atoms with E-state index in [2.05, 4.69) is 36.6 Å². The molecule has 3 heteroatoms. The summed E-state index contributed by atoms with van der Waals surface area (Å²) in [5.74, 6) is 1.11. The number of aryl methyl sites for hydroxylation is 2. The summed E-state index contributed by atoms with van der Waals surface area (Å²) in [6.45, 7) is 7.34. The topological polar surface area (TPSA) is 43.8 Å². The van der Waals surface area contributed by atoms with Gasteiger partial charge in [0.1, 0.15) is 5.82 Å². The quantitative estimate of drug-likeness (QED) is 0.879. The molecule has 0 aliphatic rings. The third-order valence-corrected chi connectivity index (χ3v) is 2.93. The maximum Gasteiger partial charge on any atom is 0.111 e. The molecule has 92 valence electrons. The van der Waals surface area contributed by atoms with Gasteiger partial charge in [0.25, 0.3) is 0 Å². The third-order valence-electron chi connectivity index (χ3n) is 2.93. The fourth-order valence-corrected chi connectivity index (χ4v) is 2.21. The first kappa shape index (κ1) is 12.1. The van der Waals surface area contributed by atoms with Crippen molar-refractivity contribution < 1.29 is 0 Å². The second-order valence-electron chi connectivity index (χ2n) is 4.85. The zero-order valence-corrected chi connectivity index (χ0v) is 10.9. The van der Waals surface area contributed by atoms with Crippen LogP contribution in [0, 0.1) is 6.92 Å². The Kier molecular flexibility index (Phi) is 3.48. The molecule has 0 spiro atoms. The number of imidazole rings is 1. The number of aromatic nitrogens is 2. The number of nitrogens with two attached hydrogens (primary N) is 1. The summed E-state index contributed by atoms with van der Waals surface area (Å²) in [5, 5.41) is 0. The first-order valence-corrected chi connectivity index (χ1v) is 6.33. The minimum Gasteiger partial charge on any atom is -0.328 e. The lowest BCUT2D eigenvalue weighted by molar-refractivity contribution is 0.616. The molecule has 1 atom stereocenters. The van der Waals surface area contributed by atoms with E-state index in [9.17, 15) is 0 Å². The maximum absolute atomic E-state index is 5.89. The van der Waals surface area contributed by atoms with Gasteiger partial charge in [0.15, 0.2) is 0 Å². The van der Waals surface area contributed by atoms with Crippen molar-refractivity contribution in [2.45, 2.75) is 46.2 Å². The van der Waals surface area contributed by atoms with Crippen LogP contribution in [0.5, 0.6) is 0 Å². The van der Waals surface area contributed by atoms with Crippen LogP contribution in [0.15, 0.2) is 18.2 Å². The number of hydrogen-bond acceptors (Lipinski definition) is 2. The third kappa shape index (κ3) is 2.50. The molecule has 0 saturated carbocycles. The SMILES string of the molecule is CCCn1c(CC(C)N)nc2cc(C)ccc21. The number of fused-ring (bicyclic) bond motifs is 1. The van der Waals surface area contributed by atoms with Crippen LogP contribution in [0.3, 0.4) is 0 Å². The van der Waals surface area contributed by atoms with E-state index in [4.69, 9.17) is 10.7 Å². The van der Waals surface area contributed by atoms with Gasteiger partial charge in [-0.15, -0.1) is 0 Å². The molecule has 0 aliphatic carbocycles. The van der Waals surface area contributed by atoms with E-state index in [1.165, 1.54) is 11.1 Å². The number of rotatable bonds is 4. The average Bonchev–Trinajstić information content (AvgIpc) is 2.55. The Balaban J connectivity index is 2.53. The van der Waals surface area contributed by atoms with Crippen LogP contribution in [0.2, 0.25) is 0 Å². The molecule has 2 N–H and O–H groups in total. The fraction of sp³-hybridized carbons (Fsp3) is 0.500. The van der Waals surface area contributed by atoms with E-state index in [0.717, 1.165) is 30.7 Å². The van der Waals surface area contributed by atoms with E-state index in [1.807, 2.05) is 6.92 Å². The molecule has 2 rings (SSSR count). The second kappa shape index (κ2) is 4.88. The van der Waals surface area contributed by atoms with Crippen molar-refractivity contribution in [3.8, 4) is 0 Å². The molecule has 1 unspecified atom stereocenters. The van der Waals surface area contributed by atoms with E-state index in [1.54, 1.807) is 0 Å². The molecule has 0 saturated heterocycles. The summed E-state index contributed by atoms with van der Waals surface area (Å²) in [7, 11) is 0. The van der Waals surface area contributed by atoms with Gasteiger partial charge in [0.05, 0.1) is 11.0 Å². The fourth-order valence-electron chi connectivity index (χ4n) is 2.21. The van der Waals surface area contributed by atoms with Crippen LogP contribution in [0.4, 0.5) is 0 Å². The van der Waals surface area contributed by atoms with Crippen LogP contribution < -0.4 is 5.73 Å². The van der Waals surface area contributed by atoms with Crippen LogP contribution >= 0.6 is 0 Å². The highest BCUT2D eigenvalue weighted by Gasteiger charge is 2.11. The highest BCUT2D eigenvalue weighted by atomic mass is 15.1. The number of hydrogen-bond donors (Lipinski definition) is 1. The Morgan fingerprint density at radius 2 is 2.18 bits per heavy atom. The van der Waals surface area contributed by atoms with Crippen LogP contribution in [-0.2, 0) is 13.0 Å². The van der Waals surface area contributed by atoms with Crippen molar-refractivity contribution in [2.24, 2.45) is 5.73 Å². The lowest BCUT2D eigenvalue weighted by atomic mass is 10.2. The van der Waals surface area contributed by atoms with Crippen LogP contribution in [-0.4, -0.2) is 15.6 Å². The minimum atomic E-state index is 0.156. The number of benzene rings is 1. The van der Waals surface area contributed by atoms with Crippen molar-refractivity contribution in [2.75, 3.05) is 0 Å². The van der Waals surface area contributed by atoms with Gasteiger partial charge in [-0.25, -0.2) is 4.98 Å². The molecule has 3 nitrogen and oxygen atoms in total. The van der Waals surface area contributed by atoms with Crippen molar-refractivity contribution in [1.29, 1.82) is 0 Å². The Morgan fingerprint density at radius 1 is 1.41 bits per heavy atom. The van der Waals surface area contributed by atoms with Crippen LogP contribution in [0.1, 0.15) is 31.7 Å². The highest BCUT2D eigenvalue weighted by Crippen LogP contribution is 2.19. The number of nitrogens with zero attached hydrogens (tertiary/aromatic N) is 2. The van der Waals surface area contributed by atoms with Crippen molar-refractivity contribution in [1.82, 2.24) is 9.55 Å². The lowest BCUT2D eigenvalue weighted by Gasteiger charge is -2.09. The zero-order chi connectivity index (χ0) is 12.4. The standard InChI is InChI=1S/C14H21N3/c1-4-7-17-13-6-5-10(2)8-12(13)16-14(17)9-11(3)15/h5-6,8,11H,4,7,9,15H2,1-3H3. The second-order valence-corrected chi connectivity index (χ2v) is 4.85.